The van der Waals surface area contributed by atoms with Crippen LogP contribution >= 0.6 is 22.9 Å². The highest BCUT2D eigenvalue weighted by molar-refractivity contribution is 14.1. The first-order valence-electron chi connectivity index (χ1n) is 13.2. The predicted molar refractivity (Wildman–Crippen MR) is 153 cm³/mol. The van der Waals surface area contributed by atoms with Crippen molar-refractivity contribution in [3.05, 3.63) is 48.2 Å². The summed E-state index contributed by atoms with van der Waals surface area (Å²) in [6, 6.07) is 8.34. The monoisotopic (exact) mass is 644 g/mol. The van der Waals surface area contributed by atoms with E-state index >= 15 is 4.39 Å². The van der Waals surface area contributed by atoms with Crippen LogP contribution in [0.25, 0.3) is 32.9 Å². The van der Waals surface area contributed by atoms with E-state index in [0.717, 1.165) is 32.5 Å². The van der Waals surface area contributed by atoms with Crippen LogP contribution in [0.2, 0.25) is 0 Å². The van der Waals surface area contributed by atoms with Gasteiger partial charge < -0.3 is 20.1 Å². The molecule has 0 radical (unpaired) electrons. The lowest BCUT2D eigenvalue weighted by Crippen LogP contribution is -2.52. The number of phenols is 1. The Bertz CT molecular complexity index is 1590. The van der Waals surface area contributed by atoms with Gasteiger partial charge in [-0.25, -0.2) is 11.9 Å². The molecule has 3 aliphatic rings. The number of rotatable bonds is 5. The van der Waals surface area contributed by atoms with E-state index in [1.807, 2.05) is 0 Å². The van der Waals surface area contributed by atoms with Gasteiger partial charge in [-0.2, -0.15) is 9.97 Å². The highest BCUT2D eigenvalue weighted by Crippen LogP contribution is 2.38. The minimum atomic E-state index is -0.707. The molecule has 2 unspecified atom stereocenters. The lowest BCUT2D eigenvalue weighted by Gasteiger charge is -2.41. The van der Waals surface area contributed by atoms with Gasteiger partial charge in [0.25, 0.3) is 0 Å². The average Bonchev–Trinajstić information content (AvgIpc) is 3.25. The van der Waals surface area contributed by atoms with Gasteiger partial charge in [-0.15, -0.1) is 0 Å². The Morgan fingerprint density at radius 1 is 1.13 bits per heavy atom. The number of benzene rings is 2. The zero-order valence-corrected chi connectivity index (χ0v) is 23.4. The fourth-order valence-corrected chi connectivity index (χ4v) is 7.44. The Morgan fingerprint density at radius 3 is 2.67 bits per heavy atom. The molecule has 3 aliphatic heterocycles. The first-order chi connectivity index (χ1) is 18.9. The predicted octanol–water partition coefficient (Wildman–Crippen LogP) is 4.82. The van der Waals surface area contributed by atoms with E-state index in [-0.39, 0.29) is 40.0 Å². The standard InChI is InChI=1S/C28H27F2IN6O2/c1-14-10-37(31)22(14)13-39-28-34-26-20(27(35-28)36-11-16-5-6-17(12-36)33-16)9-32-25(24(26)30)19-8-18(38)7-15-3-2-4-21(29)23(15)19/h2-4,7-9,14,16-17,22,33,38H,5-6,10-13H2,1H3/t14-,16?,17?,22-/m1/s1. The molecule has 11 heteroatoms. The Labute approximate surface area is 237 Å². The van der Waals surface area contributed by atoms with Crippen LogP contribution in [-0.4, -0.2) is 67.5 Å². The summed E-state index contributed by atoms with van der Waals surface area (Å²) in [7, 11) is 0. The van der Waals surface area contributed by atoms with E-state index in [9.17, 15) is 9.50 Å². The molecule has 4 atom stereocenters. The van der Waals surface area contributed by atoms with Crippen molar-refractivity contribution < 1.29 is 18.6 Å². The van der Waals surface area contributed by atoms with Gasteiger partial charge in [0.05, 0.1) is 11.4 Å². The number of halogens is 3. The van der Waals surface area contributed by atoms with Crippen molar-refractivity contribution in [2.24, 2.45) is 5.92 Å². The molecule has 202 valence electrons. The minimum absolute atomic E-state index is 0.0618. The van der Waals surface area contributed by atoms with E-state index < -0.39 is 11.6 Å². The number of ether oxygens (including phenoxy) is 1. The van der Waals surface area contributed by atoms with Gasteiger partial charge in [0, 0.05) is 71.7 Å². The molecule has 0 amide bonds. The van der Waals surface area contributed by atoms with Gasteiger partial charge in [0.1, 0.15) is 35.2 Å². The normalized spacial score (nSPS) is 24.9. The van der Waals surface area contributed by atoms with E-state index in [4.69, 9.17) is 9.72 Å². The van der Waals surface area contributed by atoms with Crippen LogP contribution in [-0.2, 0) is 0 Å². The molecule has 7 rings (SSSR count). The first kappa shape index (κ1) is 25.1. The number of piperazine rings is 1. The van der Waals surface area contributed by atoms with Gasteiger partial charge in [-0.1, -0.05) is 19.1 Å². The van der Waals surface area contributed by atoms with E-state index in [1.165, 1.54) is 18.2 Å². The highest BCUT2D eigenvalue weighted by atomic mass is 127. The fraction of sp³-hybridized carbons (Fsp3) is 0.393. The summed E-state index contributed by atoms with van der Waals surface area (Å²) >= 11 is 2.29. The smallest absolute Gasteiger partial charge is 0.319 e. The van der Waals surface area contributed by atoms with Crippen LogP contribution in [0.3, 0.4) is 0 Å². The molecule has 0 aliphatic carbocycles. The van der Waals surface area contributed by atoms with Gasteiger partial charge >= 0.3 is 6.01 Å². The van der Waals surface area contributed by atoms with Crippen LogP contribution < -0.4 is 15.0 Å². The van der Waals surface area contributed by atoms with Crippen molar-refractivity contribution in [1.29, 1.82) is 0 Å². The summed E-state index contributed by atoms with van der Waals surface area (Å²) in [6.07, 6.45) is 3.73. The summed E-state index contributed by atoms with van der Waals surface area (Å²) in [5, 5.41) is 15.1. The molecule has 2 N–H and O–H groups in total. The van der Waals surface area contributed by atoms with Crippen LogP contribution in [0.4, 0.5) is 14.6 Å². The Morgan fingerprint density at radius 2 is 1.92 bits per heavy atom. The topological polar surface area (TPSA) is 86.6 Å². The van der Waals surface area contributed by atoms with Gasteiger partial charge in [-0.05, 0) is 42.3 Å². The van der Waals surface area contributed by atoms with Crippen molar-refractivity contribution in [2.45, 2.75) is 37.9 Å². The number of hydrogen-bond donors (Lipinski definition) is 2. The Balaban J connectivity index is 1.37. The number of hydrogen-bond acceptors (Lipinski definition) is 8. The molecule has 3 saturated heterocycles. The second kappa shape index (κ2) is 9.63. The molecule has 3 fully saturated rings. The molecule has 0 spiro atoms. The molecule has 39 heavy (non-hydrogen) atoms. The second-order valence-electron chi connectivity index (χ2n) is 10.8. The number of pyridine rings is 1. The summed E-state index contributed by atoms with van der Waals surface area (Å²) in [6.45, 7) is 5.04. The number of aromatic hydroxyl groups is 1. The van der Waals surface area contributed by atoms with Crippen molar-refractivity contribution >= 4 is 50.4 Å². The zero-order valence-electron chi connectivity index (χ0n) is 21.2. The number of phenolic OH excluding ortho intramolecular Hbond substituents is 1. The second-order valence-corrected chi connectivity index (χ2v) is 12.1. The molecule has 2 aromatic heterocycles. The van der Waals surface area contributed by atoms with Gasteiger partial charge in [0.15, 0.2) is 5.82 Å². The van der Waals surface area contributed by atoms with Crippen LogP contribution in [0.5, 0.6) is 11.8 Å². The molecule has 4 aromatic rings. The number of nitrogens with zero attached hydrogens (tertiary/aromatic N) is 5. The Kier molecular flexibility index (Phi) is 6.20. The zero-order chi connectivity index (χ0) is 26.8. The third-order valence-corrected chi connectivity index (χ3v) is 9.30. The van der Waals surface area contributed by atoms with Crippen LogP contribution in [0.15, 0.2) is 36.5 Å². The molecule has 2 bridgehead atoms. The molecule has 8 nitrogen and oxygen atoms in total. The van der Waals surface area contributed by atoms with Crippen LogP contribution in [0.1, 0.15) is 19.8 Å². The quantitative estimate of drug-likeness (QED) is 0.237. The SMILES string of the molecule is C[C@@H]1CN(I)[C@@H]1COc1nc(N2CC3CCC(C2)N3)c2cnc(-c3cc(O)cc4cccc(F)c34)c(F)c2n1. The van der Waals surface area contributed by atoms with Crippen molar-refractivity contribution in [2.75, 3.05) is 31.1 Å². The molecule has 0 saturated carbocycles. The van der Waals surface area contributed by atoms with E-state index in [0.29, 0.717) is 41.2 Å². The molecular weight excluding hydrogens is 617 g/mol. The summed E-state index contributed by atoms with van der Waals surface area (Å²) < 4.78 is 39.6. The minimum Gasteiger partial charge on any atom is -0.508 e. The van der Waals surface area contributed by atoms with Crippen molar-refractivity contribution in [3.8, 4) is 23.0 Å². The summed E-state index contributed by atoms with van der Waals surface area (Å²) in [5.74, 6) is -0.267. The number of nitrogens with one attached hydrogen (secondary N) is 1. The van der Waals surface area contributed by atoms with E-state index in [2.05, 4.69) is 53.1 Å². The molecule has 2 aromatic carbocycles. The molecule has 5 heterocycles. The highest BCUT2D eigenvalue weighted by Gasteiger charge is 2.36. The maximum atomic E-state index is 16.4. The summed E-state index contributed by atoms with van der Waals surface area (Å²) in [5.41, 5.74) is 0.136. The largest absolute Gasteiger partial charge is 0.508 e. The fourth-order valence-electron chi connectivity index (χ4n) is 6.11. The van der Waals surface area contributed by atoms with Crippen LogP contribution in [0, 0.1) is 17.6 Å². The average molecular weight is 644 g/mol. The number of aromatic nitrogens is 3. The number of fused-ring (bicyclic) bond motifs is 4. The maximum Gasteiger partial charge on any atom is 0.319 e. The van der Waals surface area contributed by atoms with Gasteiger partial charge in [0.2, 0.25) is 0 Å². The number of anilines is 1. The lowest BCUT2D eigenvalue weighted by atomic mass is 9.95. The van der Waals surface area contributed by atoms with Crippen molar-refractivity contribution in [3.63, 3.8) is 0 Å². The van der Waals surface area contributed by atoms with Crippen molar-refractivity contribution in [1.82, 2.24) is 23.4 Å². The Hall–Kier alpha value is -2.90. The lowest BCUT2D eigenvalue weighted by molar-refractivity contribution is 0.0886. The maximum absolute atomic E-state index is 16.4. The first-order valence-corrected chi connectivity index (χ1v) is 14.2. The summed E-state index contributed by atoms with van der Waals surface area (Å²) in [4.78, 5) is 15.9. The molecular formula is C28H27F2IN6O2. The van der Waals surface area contributed by atoms with E-state index in [1.54, 1.807) is 18.3 Å². The third kappa shape index (κ3) is 4.34. The third-order valence-electron chi connectivity index (χ3n) is 8.19. The van der Waals surface area contributed by atoms with Gasteiger partial charge in [-0.3, -0.25) is 4.98 Å².